The number of carbonyl (C=O) groups is 2. The topological polar surface area (TPSA) is 49.9 Å². The number of fused-ring (bicyclic) bond motifs is 1. The first kappa shape index (κ1) is 9.65. The van der Waals surface area contributed by atoms with Crippen LogP contribution < -0.4 is 0 Å². The van der Waals surface area contributed by atoms with Crippen molar-refractivity contribution < 1.29 is 9.59 Å². The molecule has 2 rings (SSSR count). The van der Waals surface area contributed by atoms with Crippen LogP contribution in [0.5, 0.6) is 0 Å². The molecule has 0 aliphatic heterocycles. The lowest BCUT2D eigenvalue weighted by Crippen LogP contribution is -2.09. The molecule has 0 amide bonds. The Morgan fingerprint density at radius 1 is 1.27 bits per heavy atom. The Labute approximate surface area is 87.1 Å². The highest BCUT2D eigenvalue weighted by atomic mass is 16.2. The summed E-state index contributed by atoms with van der Waals surface area (Å²) in [6.45, 7) is 3.21. The molecule has 0 saturated carbocycles. The van der Waals surface area contributed by atoms with Crippen molar-refractivity contribution in [2.24, 2.45) is 0 Å². The van der Waals surface area contributed by atoms with Gasteiger partial charge in [0.25, 0.3) is 0 Å². The zero-order valence-corrected chi connectivity index (χ0v) is 8.63. The molecule has 0 aliphatic carbocycles. The molecule has 0 saturated heterocycles. The minimum atomic E-state index is -0.435. The number of nitrogens with one attached hydrogen (secondary N) is 1. The lowest BCUT2D eigenvalue weighted by molar-refractivity contribution is -0.113. The van der Waals surface area contributed by atoms with Crippen LogP contribution >= 0.6 is 0 Å². The fraction of sp³-hybridized carbons (Fsp3) is 0.167. The average molecular weight is 201 g/mol. The van der Waals surface area contributed by atoms with Gasteiger partial charge in [0.15, 0.2) is 5.78 Å². The van der Waals surface area contributed by atoms with Gasteiger partial charge in [-0.05, 0) is 18.6 Å². The Morgan fingerprint density at radius 2 is 2.00 bits per heavy atom. The van der Waals surface area contributed by atoms with Crippen LogP contribution in [0.3, 0.4) is 0 Å². The molecule has 1 aromatic heterocycles. The van der Waals surface area contributed by atoms with Crippen LogP contribution in [-0.4, -0.2) is 16.6 Å². The standard InChI is InChI=1S/C12H11NO2/c1-7-4-3-5-10-11(7)9(6-13-10)12(15)8(2)14/h3-6,13H,1-2H3. The van der Waals surface area contributed by atoms with E-state index >= 15 is 0 Å². The van der Waals surface area contributed by atoms with Crippen LogP contribution in [0, 0.1) is 6.92 Å². The number of hydrogen-bond acceptors (Lipinski definition) is 2. The first-order valence-corrected chi connectivity index (χ1v) is 4.73. The molecule has 0 aliphatic rings. The molecule has 0 spiro atoms. The van der Waals surface area contributed by atoms with Gasteiger partial charge in [0.2, 0.25) is 5.78 Å². The van der Waals surface area contributed by atoms with Crippen LogP contribution in [0.25, 0.3) is 10.9 Å². The van der Waals surface area contributed by atoms with Crippen molar-refractivity contribution in [3.05, 3.63) is 35.5 Å². The van der Waals surface area contributed by atoms with Gasteiger partial charge in [-0.2, -0.15) is 0 Å². The molecule has 0 unspecified atom stereocenters. The van der Waals surface area contributed by atoms with Gasteiger partial charge in [-0.15, -0.1) is 0 Å². The fourth-order valence-electron chi connectivity index (χ4n) is 1.74. The third-order valence-corrected chi connectivity index (χ3v) is 2.48. The second-order valence-corrected chi connectivity index (χ2v) is 3.59. The normalized spacial score (nSPS) is 10.5. The van der Waals surface area contributed by atoms with Gasteiger partial charge in [0.1, 0.15) is 0 Å². The first-order chi connectivity index (χ1) is 7.11. The summed E-state index contributed by atoms with van der Waals surface area (Å²) in [6.07, 6.45) is 1.60. The SMILES string of the molecule is CC(=O)C(=O)c1c[nH]c2cccc(C)c12. The van der Waals surface area contributed by atoms with E-state index in [2.05, 4.69) is 4.98 Å². The Balaban J connectivity index is 2.73. The summed E-state index contributed by atoms with van der Waals surface area (Å²) in [5, 5.41) is 0.845. The zero-order chi connectivity index (χ0) is 11.0. The summed E-state index contributed by atoms with van der Waals surface area (Å²) in [5.41, 5.74) is 2.36. The van der Waals surface area contributed by atoms with Crippen molar-refractivity contribution in [3.63, 3.8) is 0 Å². The number of ketones is 2. The molecule has 0 fully saturated rings. The molecule has 3 heteroatoms. The third kappa shape index (κ3) is 1.46. The fourth-order valence-corrected chi connectivity index (χ4v) is 1.74. The summed E-state index contributed by atoms with van der Waals surface area (Å²) in [6, 6.07) is 5.72. The van der Waals surface area contributed by atoms with Gasteiger partial charge in [-0.25, -0.2) is 0 Å². The van der Waals surface area contributed by atoms with Crippen LogP contribution in [0.1, 0.15) is 22.8 Å². The number of carbonyl (C=O) groups excluding carboxylic acids is 2. The molecule has 3 nitrogen and oxygen atoms in total. The van der Waals surface area contributed by atoms with Gasteiger partial charge in [0.05, 0.1) is 5.56 Å². The van der Waals surface area contributed by atoms with E-state index in [1.54, 1.807) is 6.20 Å². The van der Waals surface area contributed by atoms with Crippen LogP contribution in [0.15, 0.2) is 24.4 Å². The van der Waals surface area contributed by atoms with E-state index in [9.17, 15) is 9.59 Å². The van der Waals surface area contributed by atoms with E-state index in [1.807, 2.05) is 25.1 Å². The monoisotopic (exact) mass is 201 g/mol. The van der Waals surface area contributed by atoms with Crippen molar-refractivity contribution in [2.75, 3.05) is 0 Å². The number of aromatic nitrogens is 1. The maximum atomic E-state index is 11.6. The molecule has 1 aromatic carbocycles. The number of Topliss-reactive ketones (excluding diaryl/α,β-unsaturated/α-hetero) is 2. The highest BCUT2D eigenvalue weighted by Gasteiger charge is 2.16. The van der Waals surface area contributed by atoms with E-state index in [-0.39, 0.29) is 0 Å². The summed E-state index contributed by atoms with van der Waals surface area (Å²) in [7, 11) is 0. The largest absolute Gasteiger partial charge is 0.360 e. The van der Waals surface area contributed by atoms with Gasteiger partial charge in [-0.3, -0.25) is 9.59 Å². The maximum absolute atomic E-state index is 11.6. The summed E-state index contributed by atoms with van der Waals surface area (Å²) in [4.78, 5) is 25.6. The maximum Gasteiger partial charge on any atom is 0.230 e. The Kier molecular flexibility index (Phi) is 2.15. The van der Waals surface area contributed by atoms with E-state index in [0.29, 0.717) is 5.56 Å². The quantitative estimate of drug-likeness (QED) is 0.598. The second kappa shape index (κ2) is 3.35. The molecule has 1 heterocycles. The second-order valence-electron chi connectivity index (χ2n) is 3.59. The number of hydrogen-bond donors (Lipinski definition) is 1. The lowest BCUT2D eigenvalue weighted by Gasteiger charge is -1.98. The highest BCUT2D eigenvalue weighted by molar-refractivity contribution is 6.45. The van der Waals surface area contributed by atoms with Gasteiger partial charge >= 0.3 is 0 Å². The number of aromatic amines is 1. The highest BCUT2D eigenvalue weighted by Crippen LogP contribution is 2.22. The van der Waals surface area contributed by atoms with Crippen LogP contribution in [0.2, 0.25) is 0 Å². The average Bonchev–Trinajstić information content (AvgIpc) is 2.61. The van der Waals surface area contributed by atoms with E-state index in [4.69, 9.17) is 0 Å². The summed E-state index contributed by atoms with van der Waals surface area (Å²) in [5.74, 6) is -0.866. The smallest absolute Gasteiger partial charge is 0.230 e. The Hall–Kier alpha value is -1.90. The molecule has 0 bridgehead atoms. The molecular formula is C12H11NO2. The molecular weight excluding hydrogens is 190 g/mol. The van der Waals surface area contributed by atoms with Crippen molar-refractivity contribution in [2.45, 2.75) is 13.8 Å². The number of H-pyrrole nitrogens is 1. The summed E-state index contributed by atoms with van der Waals surface area (Å²) >= 11 is 0. The Morgan fingerprint density at radius 3 is 2.67 bits per heavy atom. The molecule has 0 radical (unpaired) electrons. The van der Waals surface area contributed by atoms with Crippen molar-refractivity contribution in [1.82, 2.24) is 4.98 Å². The third-order valence-electron chi connectivity index (χ3n) is 2.48. The minimum Gasteiger partial charge on any atom is -0.360 e. The van der Waals surface area contributed by atoms with Crippen LogP contribution in [0.4, 0.5) is 0 Å². The number of aryl methyl sites for hydroxylation is 1. The Bertz CT molecular complexity index is 552. The lowest BCUT2D eigenvalue weighted by atomic mass is 10.0. The van der Waals surface area contributed by atoms with Crippen molar-refractivity contribution in [3.8, 4) is 0 Å². The van der Waals surface area contributed by atoms with Crippen LogP contribution in [-0.2, 0) is 4.79 Å². The molecule has 76 valence electrons. The zero-order valence-electron chi connectivity index (χ0n) is 8.63. The van der Waals surface area contributed by atoms with Gasteiger partial charge in [0, 0.05) is 24.0 Å². The van der Waals surface area contributed by atoms with E-state index in [0.717, 1.165) is 16.5 Å². The number of rotatable bonds is 2. The van der Waals surface area contributed by atoms with E-state index < -0.39 is 11.6 Å². The van der Waals surface area contributed by atoms with Gasteiger partial charge < -0.3 is 4.98 Å². The predicted octanol–water partition coefficient (Wildman–Crippen LogP) is 2.25. The molecule has 2 aromatic rings. The van der Waals surface area contributed by atoms with Gasteiger partial charge in [-0.1, -0.05) is 12.1 Å². The molecule has 1 N–H and O–H groups in total. The van der Waals surface area contributed by atoms with E-state index in [1.165, 1.54) is 6.92 Å². The first-order valence-electron chi connectivity index (χ1n) is 4.73. The van der Waals surface area contributed by atoms with Crippen molar-refractivity contribution in [1.29, 1.82) is 0 Å². The van der Waals surface area contributed by atoms with Crippen molar-refractivity contribution >= 4 is 22.5 Å². The summed E-state index contributed by atoms with van der Waals surface area (Å²) < 4.78 is 0. The minimum absolute atomic E-state index is 0.431. The molecule has 15 heavy (non-hydrogen) atoms. The predicted molar refractivity (Wildman–Crippen MR) is 58.0 cm³/mol. The molecule has 0 atom stereocenters. The number of benzene rings is 1.